The Balaban J connectivity index is 2.85. The van der Waals surface area contributed by atoms with E-state index in [2.05, 4.69) is 35.8 Å². The maximum Gasteiger partial charge on any atom is 0.0419 e. The standard InChI is InChI=1S/C10H12BrCl/c1-7(2)3-8-4-9(11)6-10(12)5-8/h4-7H,3H2,1-2H3. The predicted octanol–water partition coefficient (Wildman–Crippen LogP) is 4.30. The van der Waals surface area contributed by atoms with Crippen molar-refractivity contribution in [2.24, 2.45) is 5.92 Å². The van der Waals surface area contributed by atoms with Gasteiger partial charge in [0.05, 0.1) is 0 Å². The molecule has 0 N–H and O–H groups in total. The van der Waals surface area contributed by atoms with E-state index in [0.717, 1.165) is 15.9 Å². The maximum atomic E-state index is 5.90. The average molecular weight is 248 g/mol. The molecule has 1 aromatic carbocycles. The Morgan fingerprint density at radius 2 is 2.00 bits per heavy atom. The molecule has 0 atom stereocenters. The normalized spacial score (nSPS) is 10.8. The van der Waals surface area contributed by atoms with Gasteiger partial charge >= 0.3 is 0 Å². The summed E-state index contributed by atoms with van der Waals surface area (Å²) in [5.74, 6) is 0.676. The summed E-state index contributed by atoms with van der Waals surface area (Å²) in [6.45, 7) is 4.41. The molecular weight excluding hydrogens is 235 g/mol. The first-order valence-corrected chi connectivity index (χ1v) is 5.20. The summed E-state index contributed by atoms with van der Waals surface area (Å²) in [7, 11) is 0. The zero-order valence-electron chi connectivity index (χ0n) is 7.27. The third kappa shape index (κ3) is 3.16. The highest BCUT2D eigenvalue weighted by Crippen LogP contribution is 2.21. The zero-order chi connectivity index (χ0) is 9.14. The van der Waals surface area contributed by atoms with Crippen LogP contribution in [-0.4, -0.2) is 0 Å². The SMILES string of the molecule is CC(C)Cc1cc(Cl)cc(Br)c1. The summed E-state index contributed by atoms with van der Waals surface area (Å²) in [5, 5.41) is 0.806. The van der Waals surface area contributed by atoms with Gasteiger partial charge in [0.2, 0.25) is 0 Å². The van der Waals surface area contributed by atoms with Crippen LogP contribution in [0, 0.1) is 5.92 Å². The fourth-order valence-electron chi connectivity index (χ4n) is 1.20. The van der Waals surface area contributed by atoms with Crippen molar-refractivity contribution in [2.75, 3.05) is 0 Å². The van der Waals surface area contributed by atoms with Gasteiger partial charge in [-0.15, -0.1) is 0 Å². The molecule has 0 amide bonds. The summed E-state index contributed by atoms with van der Waals surface area (Å²) in [6, 6.07) is 6.05. The van der Waals surface area contributed by atoms with Gasteiger partial charge in [-0.1, -0.05) is 41.4 Å². The first-order valence-electron chi connectivity index (χ1n) is 4.03. The van der Waals surface area contributed by atoms with Gasteiger partial charge in [0.15, 0.2) is 0 Å². The molecule has 0 aliphatic heterocycles. The van der Waals surface area contributed by atoms with Gasteiger partial charge in [0.25, 0.3) is 0 Å². The molecule has 0 radical (unpaired) electrons. The molecule has 1 rings (SSSR count). The lowest BCUT2D eigenvalue weighted by Gasteiger charge is -2.05. The van der Waals surface area contributed by atoms with Crippen molar-refractivity contribution in [3.05, 3.63) is 33.3 Å². The quantitative estimate of drug-likeness (QED) is 0.731. The summed E-state index contributed by atoms with van der Waals surface area (Å²) in [6.07, 6.45) is 1.08. The Labute approximate surface area is 87.1 Å². The van der Waals surface area contributed by atoms with Crippen LogP contribution in [-0.2, 0) is 6.42 Å². The smallest absolute Gasteiger partial charge is 0.0419 e. The van der Waals surface area contributed by atoms with E-state index in [1.165, 1.54) is 5.56 Å². The van der Waals surface area contributed by atoms with Gasteiger partial charge in [-0.05, 0) is 36.1 Å². The highest BCUT2D eigenvalue weighted by molar-refractivity contribution is 9.10. The largest absolute Gasteiger partial charge is 0.0843 e. The lowest BCUT2D eigenvalue weighted by atomic mass is 10.0. The molecular formula is C10H12BrCl. The fraction of sp³-hybridized carbons (Fsp3) is 0.400. The number of benzene rings is 1. The van der Waals surface area contributed by atoms with E-state index in [1.807, 2.05) is 12.1 Å². The highest BCUT2D eigenvalue weighted by atomic mass is 79.9. The van der Waals surface area contributed by atoms with Crippen molar-refractivity contribution in [3.8, 4) is 0 Å². The van der Waals surface area contributed by atoms with Crippen LogP contribution in [0.3, 0.4) is 0 Å². The second kappa shape index (κ2) is 4.29. The molecule has 66 valence electrons. The van der Waals surface area contributed by atoms with Crippen molar-refractivity contribution in [2.45, 2.75) is 20.3 Å². The first kappa shape index (κ1) is 10.1. The second-order valence-corrected chi connectivity index (χ2v) is 4.73. The van der Waals surface area contributed by atoms with Gasteiger partial charge in [0.1, 0.15) is 0 Å². The molecule has 0 fully saturated rings. The van der Waals surface area contributed by atoms with E-state index < -0.39 is 0 Å². The summed E-state index contributed by atoms with van der Waals surface area (Å²) in [5.41, 5.74) is 1.30. The van der Waals surface area contributed by atoms with Gasteiger partial charge < -0.3 is 0 Å². The molecule has 0 spiro atoms. The zero-order valence-corrected chi connectivity index (χ0v) is 9.61. The van der Waals surface area contributed by atoms with E-state index in [1.54, 1.807) is 0 Å². The van der Waals surface area contributed by atoms with E-state index in [4.69, 9.17) is 11.6 Å². The Kier molecular flexibility index (Phi) is 3.60. The minimum Gasteiger partial charge on any atom is -0.0843 e. The van der Waals surface area contributed by atoms with Crippen LogP contribution in [0.1, 0.15) is 19.4 Å². The Morgan fingerprint density at radius 3 is 2.50 bits per heavy atom. The molecule has 0 saturated carbocycles. The molecule has 0 aliphatic carbocycles. The Bertz CT molecular complexity index is 248. The van der Waals surface area contributed by atoms with Gasteiger partial charge in [-0.25, -0.2) is 0 Å². The van der Waals surface area contributed by atoms with Crippen LogP contribution in [0.15, 0.2) is 22.7 Å². The van der Waals surface area contributed by atoms with E-state index in [0.29, 0.717) is 5.92 Å². The average Bonchev–Trinajstić information content (AvgIpc) is 1.81. The van der Waals surface area contributed by atoms with Crippen molar-refractivity contribution in [1.29, 1.82) is 0 Å². The second-order valence-electron chi connectivity index (χ2n) is 3.38. The summed E-state index contributed by atoms with van der Waals surface area (Å²) in [4.78, 5) is 0. The van der Waals surface area contributed by atoms with Crippen molar-refractivity contribution in [3.63, 3.8) is 0 Å². The maximum absolute atomic E-state index is 5.90. The Morgan fingerprint density at radius 1 is 1.33 bits per heavy atom. The van der Waals surface area contributed by atoms with Crippen molar-refractivity contribution >= 4 is 27.5 Å². The molecule has 0 aliphatic rings. The molecule has 0 nitrogen and oxygen atoms in total. The van der Waals surface area contributed by atoms with E-state index in [9.17, 15) is 0 Å². The van der Waals surface area contributed by atoms with Crippen LogP contribution in [0.2, 0.25) is 5.02 Å². The predicted molar refractivity (Wildman–Crippen MR) is 57.7 cm³/mol. The monoisotopic (exact) mass is 246 g/mol. The lowest BCUT2D eigenvalue weighted by Crippen LogP contribution is -1.93. The van der Waals surface area contributed by atoms with Crippen LogP contribution in [0.5, 0.6) is 0 Å². The first-order chi connectivity index (χ1) is 5.58. The van der Waals surface area contributed by atoms with Crippen LogP contribution < -0.4 is 0 Å². The summed E-state index contributed by atoms with van der Waals surface area (Å²) < 4.78 is 1.06. The summed E-state index contributed by atoms with van der Waals surface area (Å²) >= 11 is 9.32. The van der Waals surface area contributed by atoms with Crippen LogP contribution >= 0.6 is 27.5 Å². The molecule has 0 saturated heterocycles. The third-order valence-corrected chi connectivity index (χ3v) is 2.24. The van der Waals surface area contributed by atoms with Crippen LogP contribution in [0.25, 0.3) is 0 Å². The molecule has 1 aromatic rings. The van der Waals surface area contributed by atoms with Crippen LogP contribution in [0.4, 0.5) is 0 Å². The van der Waals surface area contributed by atoms with Gasteiger partial charge in [-0.2, -0.15) is 0 Å². The molecule has 0 aromatic heterocycles. The third-order valence-electron chi connectivity index (χ3n) is 1.57. The molecule has 0 bridgehead atoms. The number of hydrogen-bond acceptors (Lipinski definition) is 0. The van der Waals surface area contributed by atoms with E-state index >= 15 is 0 Å². The molecule has 0 unspecified atom stereocenters. The molecule has 0 heterocycles. The minimum atomic E-state index is 0.676. The van der Waals surface area contributed by atoms with Gasteiger partial charge in [0, 0.05) is 9.50 Å². The Hall–Kier alpha value is -0.0100. The van der Waals surface area contributed by atoms with Gasteiger partial charge in [-0.3, -0.25) is 0 Å². The number of halogens is 2. The fourth-order valence-corrected chi connectivity index (χ4v) is 2.13. The lowest BCUT2D eigenvalue weighted by molar-refractivity contribution is 0.647. The van der Waals surface area contributed by atoms with E-state index in [-0.39, 0.29) is 0 Å². The minimum absolute atomic E-state index is 0.676. The van der Waals surface area contributed by atoms with Crippen molar-refractivity contribution in [1.82, 2.24) is 0 Å². The number of rotatable bonds is 2. The highest BCUT2D eigenvalue weighted by Gasteiger charge is 2.00. The number of hydrogen-bond donors (Lipinski definition) is 0. The molecule has 2 heteroatoms. The molecule has 12 heavy (non-hydrogen) atoms. The van der Waals surface area contributed by atoms with Crippen molar-refractivity contribution < 1.29 is 0 Å². The topological polar surface area (TPSA) is 0 Å².